The van der Waals surface area contributed by atoms with Crippen LogP contribution in [0, 0.1) is 6.92 Å². The molecule has 1 fully saturated rings. The molecule has 160 valence electrons. The molecule has 1 aromatic heterocycles. The van der Waals surface area contributed by atoms with Crippen LogP contribution in [0.1, 0.15) is 36.7 Å². The number of anilines is 1. The number of hydrogen-bond acceptors (Lipinski definition) is 7. The van der Waals surface area contributed by atoms with E-state index < -0.39 is 12.1 Å². The Hall–Kier alpha value is -2.81. The van der Waals surface area contributed by atoms with E-state index in [2.05, 4.69) is 10.5 Å². The lowest BCUT2D eigenvalue weighted by molar-refractivity contribution is -0.159. The Morgan fingerprint density at radius 3 is 2.57 bits per heavy atom. The number of carbonyl (C=O) groups excluding carboxylic acids is 3. The summed E-state index contributed by atoms with van der Waals surface area (Å²) in [6, 6.07) is 10.6. The van der Waals surface area contributed by atoms with Crippen molar-refractivity contribution in [1.82, 2.24) is 10.1 Å². The van der Waals surface area contributed by atoms with Gasteiger partial charge in [-0.1, -0.05) is 35.5 Å². The van der Waals surface area contributed by atoms with Gasteiger partial charge in [-0.25, -0.2) is 0 Å². The lowest BCUT2D eigenvalue weighted by Gasteiger charge is -2.30. The number of likely N-dealkylation sites (tertiary alicyclic amines) is 1. The predicted molar refractivity (Wildman–Crippen MR) is 113 cm³/mol. The molecule has 1 aromatic carbocycles. The number of carbonyl (C=O) groups is 3. The van der Waals surface area contributed by atoms with Crippen molar-refractivity contribution in [2.75, 3.05) is 29.9 Å². The summed E-state index contributed by atoms with van der Waals surface area (Å²) in [5, 5.41) is 6.27. The van der Waals surface area contributed by atoms with Gasteiger partial charge >= 0.3 is 5.97 Å². The minimum atomic E-state index is -0.968. The van der Waals surface area contributed by atoms with Gasteiger partial charge in [-0.15, -0.1) is 11.8 Å². The Balaban J connectivity index is 1.52. The number of benzene rings is 1. The van der Waals surface area contributed by atoms with E-state index in [1.807, 2.05) is 18.2 Å². The van der Waals surface area contributed by atoms with E-state index >= 15 is 0 Å². The third-order valence-corrected chi connectivity index (χ3v) is 5.50. The molecule has 0 bridgehead atoms. The summed E-state index contributed by atoms with van der Waals surface area (Å²) in [6.45, 7) is 3.08. The summed E-state index contributed by atoms with van der Waals surface area (Å²) in [6.07, 6.45) is 2.05. The molecular weight excluding hydrogens is 406 g/mol. The summed E-state index contributed by atoms with van der Waals surface area (Å²) in [5.41, 5.74) is 0.644. The minimum absolute atomic E-state index is 0.0398. The molecular formula is C21H25N3O5S. The van der Waals surface area contributed by atoms with Crippen LogP contribution in [0.4, 0.5) is 5.82 Å². The summed E-state index contributed by atoms with van der Waals surface area (Å²) >= 11 is 1.11. The van der Waals surface area contributed by atoms with E-state index in [0.29, 0.717) is 30.2 Å². The topological polar surface area (TPSA) is 102 Å². The van der Waals surface area contributed by atoms with Crippen molar-refractivity contribution in [3.8, 4) is 0 Å². The summed E-state index contributed by atoms with van der Waals surface area (Å²) in [4.78, 5) is 39.1. The van der Waals surface area contributed by atoms with Crippen molar-refractivity contribution in [2.45, 2.75) is 32.3 Å². The Morgan fingerprint density at radius 1 is 1.17 bits per heavy atom. The first-order valence-electron chi connectivity index (χ1n) is 9.87. The molecule has 0 radical (unpaired) electrons. The zero-order chi connectivity index (χ0) is 21.3. The highest BCUT2D eigenvalue weighted by Crippen LogP contribution is 2.23. The quantitative estimate of drug-likeness (QED) is 0.641. The number of ether oxygens (including phenoxy) is 1. The summed E-state index contributed by atoms with van der Waals surface area (Å²) < 4.78 is 10.4. The van der Waals surface area contributed by atoms with Crippen LogP contribution in [0.2, 0.25) is 0 Å². The lowest BCUT2D eigenvalue weighted by Crippen LogP contribution is -2.40. The SMILES string of the molecule is Cc1cc(NC(=O)CSCC(=O)OC(C(=O)N2CCCCC2)c2ccccc2)no1. The molecule has 30 heavy (non-hydrogen) atoms. The fourth-order valence-electron chi connectivity index (χ4n) is 3.17. The molecule has 1 aliphatic heterocycles. The van der Waals surface area contributed by atoms with Gasteiger partial charge < -0.3 is 19.5 Å². The van der Waals surface area contributed by atoms with Crippen LogP contribution in [0.15, 0.2) is 40.9 Å². The number of aryl methyl sites for hydroxylation is 1. The maximum absolute atomic E-state index is 13.0. The highest BCUT2D eigenvalue weighted by Gasteiger charge is 2.30. The van der Waals surface area contributed by atoms with E-state index in [1.54, 1.807) is 30.0 Å². The molecule has 2 aromatic rings. The van der Waals surface area contributed by atoms with Gasteiger partial charge in [0, 0.05) is 24.7 Å². The summed E-state index contributed by atoms with van der Waals surface area (Å²) in [7, 11) is 0. The van der Waals surface area contributed by atoms with Crippen LogP contribution in [0.5, 0.6) is 0 Å². The van der Waals surface area contributed by atoms with E-state index in [-0.39, 0.29) is 23.3 Å². The van der Waals surface area contributed by atoms with Crippen molar-refractivity contribution in [3.63, 3.8) is 0 Å². The number of aromatic nitrogens is 1. The average Bonchev–Trinajstić information content (AvgIpc) is 3.17. The third kappa shape index (κ3) is 6.35. The van der Waals surface area contributed by atoms with Crippen LogP contribution >= 0.6 is 11.8 Å². The van der Waals surface area contributed by atoms with Gasteiger partial charge in [-0.2, -0.15) is 0 Å². The number of piperidine rings is 1. The van der Waals surface area contributed by atoms with Crippen LogP contribution in [-0.2, 0) is 19.1 Å². The minimum Gasteiger partial charge on any atom is -0.447 e. The van der Waals surface area contributed by atoms with E-state index in [9.17, 15) is 14.4 Å². The Morgan fingerprint density at radius 2 is 1.90 bits per heavy atom. The highest BCUT2D eigenvalue weighted by molar-refractivity contribution is 8.00. The third-order valence-electron chi connectivity index (χ3n) is 4.59. The number of esters is 1. The number of thioether (sulfide) groups is 1. The van der Waals surface area contributed by atoms with Crippen LogP contribution in [0.25, 0.3) is 0 Å². The van der Waals surface area contributed by atoms with Gasteiger partial charge in [-0.3, -0.25) is 14.4 Å². The van der Waals surface area contributed by atoms with Crippen molar-refractivity contribution >= 4 is 35.4 Å². The second-order valence-electron chi connectivity index (χ2n) is 7.03. The van der Waals surface area contributed by atoms with Gasteiger partial charge in [0.1, 0.15) is 5.76 Å². The Bertz CT molecular complexity index is 865. The molecule has 8 nitrogen and oxygen atoms in total. The predicted octanol–water partition coefficient (Wildman–Crippen LogP) is 2.95. The molecule has 1 atom stereocenters. The van der Waals surface area contributed by atoms with Crippen LogP contribution in [-0.4, -0.2) is 52.4 Å². The molecule has 1 N–H and O–H groups in total. The molecule has 1 saturated heterocycles. The fraction of sp³-hybridized carbons (Fsp3) is 0.429. The van der Waals surface area contributed by atoms with Gasteiger partial charge in [-0.05, 0) is 26.2 Å². The maximum atomic E-state index is 13.0. The largest absolute Gasteiger partial charge is 0.447 e. The number of amides is 2. The maximum Gasteiger partial charge on any atom is 0.317 e. The second kappa shape index (κ2) is 10.8. The number of hydrogen-bond donors (Lipinski definition) is 1. The zero-order valence-corrected chi connectivity index (χ0v) is 17.7. The Kier molecular flexibility index (Phi) is 7.89. The normalized spacial score (nSPS) is 14.8. The highest BCUT2D eigenvalue weighted by atomic mass is 32.2. The van der Waals surface area contributed by atoms with Crippen LogP contribution in [0.3, 0.4) is 0 Å². The number of nitrogens with one attached hydrogen (secondary N) is 1. The summed E-state index contributed by atoms with van der Waals surface area (Å²) in [5.74, 6) is -0.101. The first kappa shape index (κ1) is 21.9. The van der Waals surface area contributed by atoms with Crippen molar-refractivity contribution in [3.05, 3.63) is 47.7 Å². The van der Waals surface area contributed by atoms with Crippen molar-refractivity contribution in [1.29, 1.82) is 0 Å². The monoisotopic (exact) mass is 431 g/mol. The van der Waals surface area contributed by atoms with E-state index in [1.165, 1.54) is 0 Å². The molecule has 9 heteroatoms. The van der Waals surface area contributed by atoms with Gasteiger partial charge in [0.05, 0.1) is 11.5 Å². The molecule has 2 amide bonds. The van der Waals surface area contributed by atoms with Gasteiger partial charge in [0.2, 0.25) is 12.0 Å². The molecule has 0 saturated carbocycles. The van der Waals surface area contributed by atoms with E-state index in [4.69, 9.17) is 9.26 Å². The molecule has 1 aliphatic rings. The lowest BCUT2D eigenvalue weighted by atomic mass is 10.1. The molecule has 1 unspecified atom stereocenters. The smallest absolute Gasteiger partial charge is 0.317 e. The van der Waals surface area contributed by atoms with Crippen molar-refractivity contribution in [2.24, 2.45) is 0 Å². The molecule has 0 aliphatic carbocycles. The zero-order valence-electron chi connectivity index (χ0n) is 16.8. The van der Waals surface area contributed by atoms with E-state index in [0.717, 1.165) is 31.0 Å². The fourth-order valence-corrected chi connectivity index (χ4v) is 3.76. The second-order valence-corrected chi connectivity index (χ2v) is 8.02. The molecule has 3 rings (SSSR count). The molecule has 0 spiro atoms. The van der Waals surface area contributed by atoms with Gasteiger partial charge in [0.15, 0.2) is 5.82 Å². The standard InChI is InChI=1S/C21H25N3O5S/c1-15-12-17(23-29-15)22-18(25)13-30-14-19(26)28-20(16-8-4-2-5-9-16)21(27)24-10-6-3-7-11-24/h2,4-5,8-9,12,20H,3,6-7,10-11,13-14H2,1H3,(H,22,23,25). The van der Waals surface area contributed by atoms with Crippen molar-refractivity contribution < 1.29 is 23.6 Å². The van der Waals surface area contributed by atoms with Crippen LogP contribution < -0.4 is 5.32 Å². The average molecular weight is 432 g/mol. The first-order chi connectivity index (χ1) is 14.5. The first-order valence-corrected chi connectivity index (χ1v) is 11.0. The number of rotatable bonds is 8. The Labute approximate surface area is 179 Å². The molecule has 2 heterocycles. The van der Waals surface area contributed by atoms with Gasteiger partial charge in [0.25, 0.3) is 5.91 Å². The number of nitrogens with zero attached hydrogens (tertiary/aromatic N) is 2.